The van der Waals surface area contributed by atoms with Crippen LogP contribution in [0.5, 0.6) is 0 Å². The summed E-state index contributed by atoms with van der Waals surface area (Å²) >= 11 is 0. The molecule has 1 saturated heterocycles. The van der Waals surface area contributed by atoms with Crippen molar-refractivity contribution in [3.8, 4) is 0 Å². The first kappa shape index (κ1) is 17.9. The summed E-state index contributed by atoms with van der Waals surface area (Å²) in [4.78, 5) is 47.8. The summed E-state index contributed by atoms with van der Waals surface area (Å²) in [5.41, 5.74) is 0. The standard InChI is InChI=1S/C14H22N2O6/c17-11(3-1-5-13(19)20)15-7-9-16(10-8-15)12(18)4-2-6-14(21)22/h1-10H2,(H,19,20)(H,21,22). The molecule has 1 rings (SSSR count). The molecule has 1 heterocycles. The van der Waals surface area contributed by atoms with Gasteiger partial charge in [-0.15, -0.1) is 0 Å². The molecule has 8 heteroatoms. The lowest BCUT2D eigenvalue weighted by Crippen LogP contribution is -2.50. The van der Waals surface area contributed by atoms with Crippen molar-refractivity contribution < 1.29 is 29.4 Å². The van der Waals surface area contributed by atoms with E-state index in [1.54, 1.807) is 9.80 Å². The molecular formula is C14H22N2O6. The molecule has 8 nitrogen and oxygen atoms in total. The van der Waals surface area contributed by atoms with Crippen LogP contribution in [0, 0.1) is 0 Å². The highest BCUT2D eigenvalue weighted by Gasteiger charge is 2.23. The second-order valence-corrected chi connectivity index (χ2v) is 5.26. The van der Waals surface area contributed by atoms with Gasteiger partial charge in [0.1, 0.15) is 0 Å². The molecule has 0 unspecified atom stereocenters. The molecule has 2 N–H and O–H groups in total. The van der Waals surface area contributed by atoms with Crippen molar-refractivity contribution in [2.75, 3.05) is 26.2 Å². The number of aliphatic carboxylic acids is 2. The van der Waals surface area contributed by atoms with Crippen molar-refractivity contribution in [2.45, 2.75) is 38.5 Å². The summed E-state index contributed by atoms with van der Waals surface area (Å²) in [6, 6.07) is 0. The highest BCUT2D eigenvalue weighted by molar-refractivity contribution is 5.79. The number of carboxylic acid groups (broad SMARTS) is 2. The molecule has 1 aliphatic rings. The SMILES string of the molecule is O=C(O)CCCC(=O)N1CCN(C(=O)CCCC(=O)O)CC1. The quantitative estimate of drug-likeness (QED) is 0.660. The highest BCUT2D eigenvalue weighted by Crippen LogP contribution is 2.09. The summed E-state index contributed by atoms with van der Waals surface area (Å²) in [7, 11) is 0. The van der Waals surface area contributed by atoms with Crippen LogP contribution < -0.4 is 0 Å². The maximum atomic E-state index is 11.9. The van der Waals surface area contributed by atoms with E-state index in [2.05, 4.69) is 0 Å². The van der Waals surface area contributed by atoms with Crippen molar-refractivity contribution in [3.63, 3.8) is 0 Å². The van der Waals surface area contributed by atoms with E-state index in [9.17, 15) is 19.2 Å². The van der Waals surface area contributed by atoms with E-state index in [0.717, 1.165) is 0 Å². The van der Waals surface area contributed by atoms with Crippen molar-refractivity contribution in [1.29, 1.82) is 0 Å². The molecule has 0 aromatic heterocycles. The van der Waals surface area contributed by atoms with Crippen molar-refractivity contribution in [1.82, 2.24) is 9.80 Å². The van der Waals surface area contributed by atoms with Gasteiger partial charge in [-0.1, -0.05) is 0 Å². The number of carboxylic acids is 2. The van der Waals surface area contributed by atoms with Crippen LogP contribution in [0.3, 0.4) is 0 Å². The lowest BCUT2D eigenvalue weighted by atomic mass is 10.2. The highest BCUT2D eigenvalue weighted by atomic mass is 16.4. The molecule has 0 saturated carbocycles. The number of hydrogen-bond donors (Lipinski definition) is 2. The Morgan fingerprint density at radius 3 is 1.23 bits per heavy atom. The number of carbonyl (C=O) groups is 4. The Bertz CT molecular complexity index is 389. The number of nitrogens with zero attached hydrogens (tertiary/aromatic N) is 2. The van der Waals surface area contributed by atoms with Gasteiger partial charge in [-0.2, -0.15) is 0 Å². The van der Waals surface area contributed by atoms with Crippen LogP contribution >= 0.6 is 0 Å². The molecule has 0 aliphatic carbocycles. The monoisotopic (exact) mass is 314 g/mol. The van der Waals surface area contributed by atoms with Gasteiger partial charge < -0.3 is 20.0 Å². The van der Waals surface area contributed by atoms with E-state index in [1.807, 2.05) is 0 Å². The largest absolute Gasteiger partial charge is 0.481 e. The molecule has 22 heavy (non-hydrogen) atoms. The van der Waals surface area contributed by atoms with Gasteiger partial charge in [-0.3, -0.25) is 19.2 Å². The van der Waals surface area contributed by atoms with Gasteiger partial charge in [-0.05, 0) is 12.8 Å². The minimum Gasteiger partial charge on any atom is -0.481 e. The first-order valence-electron chi connectivity index (χ1n) is 7.39. The van der Waals surface area contributed by atoms with Gasteiger partial charge in [0, 0.05) is 51.9 Å². The van der Waals surface area contributed by atoms with Gasteiger partial charge in [-0.25, -0.2) is 0 Å². The molecule has 0 atom stereocenters. The fourth-order valence-corrected chi connectivity index (χ4v) is 2.30. The van der Waals surface area contributed by atoms with Crippen LogP contribution in [0.25, 0.3) is 0 Å². The Kier molecular flexibility index (Phi) is 7.34. The van der Waals surface area contributed by atoms with Gasteiger partial charge in [0.05, 0.1) is 0 Å². The summed E-state index contributed by atoms with van der Waals surface area (Å²) < 4.78 is 0. The topological polar surface area (TPSA) is 115 Å². The Balaban J connectivity index is 2.24. The molecule has 124 valence electrons. The molecule has 1 fully saturated rings. The fourth-order valence-electron chi connectivity index (χ4n) is 2.30. The number of piperazine rings is 1. The third kappa shape index (κ3) is 6.55. The van der Waals surface area contributed by atoms with E-state index >= 15 is 0 Å². The minimum absolute atomic E-state index is 0.0201. The van der Waals surface area contributed by atoms with E-state index in [4.69, 9.17) is 10.2 Å². The second kappa shape index (κ2) is 9.01. The molecule has 0 aromatic rings. The third-order valence-corrected chi connectivity index (χ3v) is 3.55. The fraction of sp³-hybridized carbons (Fsp3) is 0.714. The zero-order valence-electron chi connectivity index (χ0n) is 12.5. The number of rotatable bonds is 8. The Labute approximate surface area is 128 Å². The lowest BCUT2D eigenvalue weighted by molar-refractivity contribution is -0.141. The van der Waals surface area contributed by atoms with Crippen LogP contribution in [0.1, 0.15) is 38.5 Å². The molecule has 0 aromatic carbocycles. The first-order chi connectivity index (χ1) is 10.4. The van der Waals surface area contributed by atoms with Crippen LogP contribution in [-0.2, 0) is 19.2 Å². The zero-order valence-corrected chi connectivity index (χ0v) is 12.5. The van der Waals surface area contributed by atoms with Gasteiger partial charge in [0.15, 0.2) is 0 Å². The average Bonchev–Trinajstić information content (AvgIpc) is 2.46. The maximum Gasteiger partial charge on any atom is 0.303 e. The predicted octanol–water partition coefficient (Wildman–Crippen LogP) is 0.167. The molecule has 2 amide bonds. The smallest absolute Gasteiger partial charge is 0.303 e. The second-order valence-electron chi connectivity index (χ2n) is 5.26. The van der Waals surface area contributed by atoms with E-state index in [-0.39, 0.29) is 37.5 Å². The van der Waals surface area contributed by atoms with Crippen LogP contribution in [0.2, 0.25) is 0 Å². The molecule has 1 aliphatic heterocycles. The number of carbonyl (C=O) groups excluding carboxylic acids is 2. The Hall–Kier alpha value is -2.12. The van der Waals surface area contributed by atoms with Crippen molar-refractivity contribution >= 4 is 23.8 Å². The summed E-state index contributed by atoms with van der Waals surface area (Å²) in [6.07, 6.45) is 1.02. The minimum atomic E-state index is -0.912. The van der Waals surface area contributed by atoms with E-state index in [1.165, 1.54) is 0 Å². The van der Waals surface area contributed by atoms with Crippen molar-refractivity contribution in [2.24, 2.45) is 0 Å². The Morgan fingerprint density at radius 1 is 0.636 bits per heavy atom. The van der Waals surface area contributed by atoms with Gasteiger partial charge in [0.25, 0.3) is 0 Å². The first-order valence-corrected chi connectivity index (χ1v) is 7.39. The zero-order chi connectivity index (χ0) is 16.5. The molecular weight excluding hydrogens is 292 g/mol. The Morgan fingerprint density at radius 2 is 0.955 bits per heavy atom. The average molecular weight is 314 g/mol. The van der Waals surface area contributed by atoms with Gasteiger partial charge >= 0.3 is 11.9 Å². The van der Waals surface area contributed by atoms with Gasteiger partial charge in [0.2, 0.25) is 11.8 Å². The van der Waals surface area contributed by atoms with E-state index < -0.39 is 11.9 Å². The molecule has 0 radical (unpaired) electrons. The predicted molar refractivity (Wildman–Crippen MR) is 76.1 cm³/mol. The van der Waals surface area contributed by atoms with E-state index in [0.29, 0.717) is 39.0 Å². The van der Waals surface area contributed by atoms with Crippen LogP contribution in [0.15, 0.2) is 0 Å². The molecule has 0 spiro atoms. The third-order valence-electron chi connectivity index (χ3n) is 3.55. The summed E-state index contributed by atoms with van der Waals surface area (Å²) in [5, 5.41) is 17.1. The lowest BCUT2D eigenvalue weighted by Gasteiger charge is -2.35. The summed E-state index contributed by atoms with van der Waals surface area (Å²) in [6.45, 7) is 1.76. The normalized spacial score (nSPS) is 14.7. The molecule has 0 bridgehead atoms. The maximum absolute atomic E-state index is 11.9. The van der Waals surface area contributed by atoms with Crippen LogP contribution in [0.4, 0.5) is 0 Å². The van der Waals surface area contributed by atoms with Crippen molar-refractivity contribution in [3.05, 3.63) is 0 Å². The summed E-state index contributed by atoms with van der Waals surface area (Å²) in [5.74, 6) is -1.99. The number of amides is 2. The van der Waals surface area contributed by atoms with Crippen LogP contribution in [-0.4, -0.2) is 69.9 Å². The number of hydrogen-bond acceptors (Lipinski definition) is 4.